The highest BCUT2D eigenvalue weighted by Gasteiger charge is 2.08. The number of hydrogen-bond donors (Lipinski definition) is 2. The molecule has 16 heavy (non-hydrogen) atoms. The SMILES string of the molecule is C1=C(CNc2ncnc3nc[nH]c23)OCC1. The molecule has 0 spiro atoms. The molecular formula is C10H11N5O. The van der Waals surface area contributed by atoms with Crippen LogP contribution in [0.4, 0.5) is 5.82 Å². The first kappa shape index (κ1) is 9.14. The Balaban J connectivity index is 1.80. The number of nitrogens with one attached hydrogen (secondary N) is 2. The van der Waals surface area contributed by atoms with Crippen LogP contribution in [-0.4, -0.2) is 33.1 Å². The van der Waals surface area contributed by atoms with Crippen molar-refractivity contribution in [2.24, 2.45) is 0 Å². The van der Waals surface area contributed by atoms with Gasteiger partial charge in [0.1, 0.15) is 17.6 Å². The Labute approximate surface area is 91.8 Å². The molecule has 1 aliphatic heterocycles. The summed E-state index contributed by atoms with van der Waals surface area (Å²) in [6.45, 7) is 1.42. The molecule has 3 heterocycles. The molecule has 0 atom stereocenters. The minimum atomic E-state index is 0.644. The van der Waals surface area contributed by atoms with Crippen molar-refractivity contribution in [1.82, 2.24) is 19.9 Å². The molecule has 2 N–H and O–H groups in total. The molecule has 6 heteroatoms. The van der Waals surface area contributed by atoms with Gasteiger partial charge < -0.3 is 15.0 Å². The summed E-state index contributed by atoms with van der Waals surface area (Å²) in [6.07, 6.45) is 6.17. The standard InChI is InChI=1S/C10H11N5O/c1-2-7(16-3-1)4-11-9-8-10(13-5-12-8)15-6-14-9/h2,5-6H,1,3-4H2,(H2,11,12,13,14,15). The minimum Gasteiger partial charge on any atom is -0.496 e. The second-order valence-corrected chi connectivity index (χ2v) is 3.48. The van der Waals surface area contributed by atoms with Crippen molar-refractivity contribution in [3.63, 3.8) is 0 Å². The lowest BCUT2D eigenvalue weighted by Crippen LogP contribution is -2.07. The number of rotatable bonds is 3. The molecule has 0 amide bonds. The number of imidazole rings is 1. The third kappa shape index (κ3) is 1.58. The molecule has 0 saturated carbocycles. The van der Waals surface area contributed by atoms with E-state index in [1.165, 1.54) is 6.33 Å². The van der Waals surface area contributed by atoms with E-state index in [2.05, 4.69) is 31.3 Å². The van der Waals surface area contributed by atoms with E-state index >= 15 is 0 Å². The third-order valence-electron chi connectivity index (χ3n) is 2.43. The van der Waals surface area contributed by atoms with Crippen LogP contribution in [0.2, 0.25) is 0 Å². The van der Waals surface area contributed by atoms with Gasteiger partial charge in [-0.25, -0.2) is 15.0 Å². The van der Waals surface area contributed by atoms with Crippen LogP contribution in [0, 0.1) is 0 Å². The number of aromatic amines is 1. The van der Waals surface area contributed by atoms with Crippen molar-refractivity contribution in [3.05, 3.63) is 24.5 Å². The molecule has 0 bridgehead atoms. The van der Waals surface area contributed by atoms with Gasteiger partial charge in [-0.2, -0.15) is 0 Å². The van der Waals surface area contributed by atoms with Gasteiger partial charge in [0.05, 0.1) is 19.5 Å². The van der Waals surface area contributed by atoms with Gasteiger partial charge in [0.25, 0.3) is 0 Å². The summed E-state index contributed by atoms with van der Waals surface area (Å²) in [4.78, 5) is 15.3. The summed E-state index contributed by atoms with van der Waals surface area (Å²) in [6, 6.07) is 0. The Morgan fingerprint density at radius 3 is 3.25 bits per heavy atom. The first-order valence-corrected chi connectivity index (χ1v) is 5.13. The van der Waals surface area contributed by atoms with Crippen LogP contribution in [0.5, 0.6) is 0 Å². The van der Waals surface area contributed by atoms with Gasteiger partial charge in [-0.05, 0) is 6.08 Å². The first-order valence-electron chi connectivity index (χ1n) is 5.13. The molecular weight excluding hydrogens is 206 g/mol. The predicted octanol–water partition coefficient (Wildman–Crippen LogP) is 1.07. The maximum atomic E-state index is 5.40. The Morgan fingerprint density at radius 2 is 2.38 bits per heavy atom. The average Bonchev–Trinajstić information content (AvgIpc) is 2.97. The lowest BCUT2D eigenvalue weighted by atomic mass is 10.4. The van der Waals surface area contributed by atoms with Crippen molar-refractivity contribution >= 4 is 17.0 Å². The van der Waals surface area contributed by atoms with Crippen LogP contribution < -0.4 is 5.32 Å². The molecule has 1 aliphatic rings. The number of hydrogen-bond acceptors (Lipinski definition) is 5. The Morgan fingerprint density at radius 1 is 1.38 bits per heavy atom. The minimum absolute atomic E-state index is 0.644. The highest BCUT2D eigenvalue weighted by molar-refractivity contribution is 5.81. The highest BCUT2D eigenvalue weighted by Crippen LogP contribution is 2.16. The number of aromatic nitrogens is 4. The maximum Gasteiger partial charge on any atom is 0.182 e. The van der Waals surface area contributed by atoms with Gasteiger partial charge in [0, 0.05) is 6.42 Å². The average molecular weight is 217 g/mol. The van der Waals surface area contributed by atoms with Crippen LogP contribution in [0.15, 0.2) is 24.5 Å². The zero-order valence-electron chi connectivity index (χ0n) is 8.60. The van der Waals surface area contributed by atoms with Crippen molar-refractivity contribution < 1.29 is 4.74 Å². The molecule has 2 aromatic heterocycles. The van der Waals surface area contributed by atoms with Crippen LogP contribution in [-0.2, 0) is 4.74 Å². The van der Waals surface area contributed by atoms with Crippen molar-refractivity contribution in [1.29, 1.82) is 0 Å². The van der Waals surface area contributed by atoms with Crippen molar-refractivity contribution in [3.8, 4) is 0 Å². The summed E-state index contributed by atoms with van der Waals surface area (Å²) in [5, 5.41) is 3.20. The molecule has 0 aromatic carbocycles. The van der Waals surface area contributed by atoms with E-state index in [0.717, 1.165) is 30.1 Å². The zero-order valence-corrected chi connectivity index (χ0v) is 8.60. The first-order chi connectivity index (χ1) is 7.93. The van der Waals surface area contributed by atoms with Crippen LogP contribution in [0.3, 0.4) is 0 Å². The monoisotopic (exact) mass is 217 g/mol. The summed E-state index contributed by atoms with van der Waals surface area (Å²) in [5.74, 6) is 1.71. The molecule has 0 saturated heterocycles. The smallest absolute Gasteiger partial charge is 0.182 e. The Hall–Kier alpha value is -2.11. The molecule has 0 radical (unpaired) electrons. The van der Waals surface area contributed by atoms with E-state index in [-0.39, 0.29) is 0 Å². The van der Waals surface area contributed by atoms with Gasteiger partial charge in [0.15, 0.2) is 11.5 Å². The van der Waals surface area contributed by atoms with E-state index in [1.807, 2.05) is 0 Å². The molecule has 82 valence electrons. The van der Waals surface area contributed by atoms with Gasteiger partial charge in [-0.1, -0.05) is 0 Å². The Kier molecular flexibility index (Phi) is 2.17. The summed E-state index contributed by atoms with van der Waals surface area (Å²) in [5.41, 5.74) is 1.49. The van der Waals surface area contributed by atoms with E-state index in [1.54, 1.807) is 6.33 Å². The van der Waals surface area contributed by atoms with E-state index in [9.17, 15) is 0 Å². The van der Waals surface area contributed by atoms with Gasteiger partial charge in [-0.15, -0.1) is 0 Å². The molecule has 0 unspecified atom stereocenters. The van der Waals surface area contributed by atoms with Crippen LogP contribution in [0.25, 0.3) is 11.2 Å². The fourth-order valence-corrected chi connectivity index (χ4v) is 1.66. The third-order valence-corrected chi connectivity index (χ3v) is 2.43. The van der Waals surface area contributed by atoms with Gasteiger partial charge in [0.2, 0.25) is 0 Å². The second-order valence-electron chi connectivity index (χ2n) is 3.48. The van der Waals surface area contributed by atoms with Gasteiger partial charge in [-0.3, -0.25) is 0 Å². The summed E-state index contributed by atoms with van der Waals surface area (Å²) < 4.78 is 5.40. The highest BCUT2D eigenvalue weighted by atomic mass is 16.5. The topological polar surface area (TPSA) is 75.7 Å². The van der Waals surface area contributed by atoms with Crippen LogP contribution in [0.1, 0.15) is 6.42 Å². The lowest BCUT2D eigenvalue weighted by Gasteiger charge is -2.06. The zero-order chi connectivity index (χ0) is 10.8. The molecule has 0 fully saturated rings. The van der Waals surface area contributed by atoms with E-state index < -0.39 is 0 Å². The largest absolute Gasteiger partial charge is 0.496 e. The number of anilines is 1. The maximum absolute atomic E-state index is 5.40. The van der Waals surface area contributed by atoms with E-state index in [0.29, 0.717) is 12.2 Å². The van der Waals surface area contributed by atoms with E-state index in [4.69, 9.17) is 4.74 Å². The van der Waals surface area contributed by atoms with Crippen molar-refractivity contribution in [2.45, 2.75) is 6.42 Å². The molecule has 6 nitrogen and oxygen atoms in total. The van der Waals surface area contributed by atoms with Crippen molar-refractivity contribution in [2.75, 3.05) is 18.5 Å². The Bertz CT molecular complexity index is 533. The lowest BCUT2D eigenvalue weighted by molar-refractivity contribution is 0.243. The molecule has 3 rings (SSSR count). The predicted molar refractivity (Wildman–Crippen MR) is 58.8 cm³/mol. The molecule has 0 aliphatic carbocycles. The summed E-state index contributed by atoms with van der Waals surface area (Å²) >= 11 is 0. The number of H-pyrrole nitrogens is 1. The number of fused-ring (bicyclic) bond motifs is 1. The molecule has 2 aromatic rings. The number of nitrogens with zero attached hydrogens (tertiary/aromatic N) is 3. The normalized spacial score (nSPS) is 14.9. The van der Waals surface area contributed by atoms with Crippen LogP contribution >= 0.6 is 0 Å². The van der Waals surface area contributed by atoms with Gasteiger partial charge >= 0.3 is 0 Å². The quantitative estimate of drug-likeness (QED) is 0.804. The second kappa shape index (κ2) is 3.80. The summed E-state index contributed by atoms with van der Waals surface area (Å²) in [7, 11) is 0. The fraction of sp³-hybridized carbons (Fsp3) is 0.300. The number of ether oxygens (including phenoxy) is 1. The fourth-order valence-electron chi connectivity index (χ4n) is 1.66.